The average molecular weight is 382 g/mol. The van der Waals surface area contributed by atoms with Gasteiger partial charge in [0.05, 0.1) is 24.3 Å². The molecule has 1 heterocycles. The van der Waals surface area contributed by atoms with E-state index in [4.69, 9.17) is 10.5 Å². The summed E-state index contributed by atoms with van der Waals surface area (Å²) >= 11 is 0. The van der Waals surface area contributed by atoms with Crippen LogP contribution in [0.25, 0.3) is 10.9 Å². The highest BCUT2D eigenvalue weighted by atomic mass is 16.5. The van der Waals surface area contributed by atoms with Crippen molar-refractivity contribution in [2.24, 2.45) is 10.7 Å². The van der Waals surface area contributed by atoms with Crippen LogP contribution in [0, 0.1) is 0 Å². The van der Waals surface area contributed by atoms with Crippen LogP contribution in [0.3, 0.4) is 0 Å². The highest BCUT2D eigenvalue weighted by molar-refractivity contribution is 6.08. The average Bonchev–Trinajstić information content (AvgIpc) is 3.13. The molecule has 0 bridgehead atoms. The Hall–Kier alpha value is -3.06. The molecule has 1 aromatic carbocycles. The van der Waals surface area contributed by atoms with Crippen molar-refractivity contribution in [3.05, 3.63) is 60.7 Å². The molecule has 7 heteroatoms. The van der Waals surface area contributed by atoms with Gasteiger partial charge in [-0.25, -0.2) is 9.79 Å². The number of hydrogen-bond acceptors (Lipinski definition) is 6. The second-order valence-electron chi connectivity index (χ2n) is 6.84. The number of rotatable bonds is 5. The van der Waals surface area contributed by atoms with E-state index in [1.54, 1.807) is 18.2 Å². The summed E-state index contributed by atoms with van der Waals surface area (Å²) < 4.78 is 6.71. The Morgan fingerprint density at radius 1 is 1.36 bits per heavy atom. The van der Waals surface area contributed by atoms with Crippen molar-refractivity contribution in [3.8, 4) is 0 Å². The summed E-state index contributed by atoms with van der Waals surface area (Å²) in [4.78, 5) is 16.6. The smallest absolute Gasteiger partial charge is 0.338 e. The van der Waals surface area contributed by atoms with Crippen molar-refractivity contribution < 1.29 is 14.6 Å². The molecule has 0 aliphatic heterocycles. The lowest BCUT2D eigenvalue weighted by molar-refractivity contribution is 0.0603. The normalized spacial score (nSPS) is 20.4. The molecule has 0 saturated heterocycles. The van der Waals surface area contributed by atoms with Gasteiger partial charge in [0.1, 0.15) is 11.7 Å². The van der Waals surface area contributed by atoms with Crippen molar-refractivity contribution in [2.45, 2.75) is 37.8 Å². The second-order valence-corrected chi connectivity index (χ2v) is 6.84. The number of aliphatic hydroxyl groups is 1. The van der Waals surface area contributed by atoms with Crippen LogP contribution in [0.5, 0.6) is 0 Å². The number of esters is 1. The van der Waals surface area contributed by atoms with Gasteiger partial charge in [-0.05, 0) is 56.2 Å². The van der Waals surface area contributed by atoms with Gasteiger partial charge in [-0.3, -0.25) is 0 Å². The van der Waals surface area contributed by atoms with Crippen LogP contribution in [0.1, 0.15) is 36.0 Å². The number of hydrogen-bond donors (Lipinski definition) is 3. The number of nitrogens with two attached hydrogens (primary N) is 1. The second kappa shape index (κ2) is 8.75. The molecule has 3 rings (SSSR count). The number of nitrogens with zero attached hydrogens (tertiary/aromatic N) is 2. The lowest BCUT2D eigenvalue weighted by Gasteiger charge is -2.26. The first kappa shape index (κ1) is 19.7. The van der Waals surface area contributed by atoms with E-state index < -0.39 is 0 Å². The number of ether oxygens (including phenoxy) is 1. The summed E-state index contributed by atoms with van der Waals surface area (Å²) in [5.41, 5.74) is 6.93. The molecule has 148 valence electrons. The third-order valence-corrected chi connectivity index (χ3v) is 4.95. The Morgan fingerprint density at radius 2 is 2.11 bits per heavy atom. The van der Waals surface area contributed by atoms with Crippen molar-refractivity contribution >= 4 is 22.7 Å². The quantitative estimate of drug-likeness (QED) is 0.419. The summed E-state index contributed by atoms with van der Waals surface area (Å²) in [6, 6.07) is 7.53. The Balaban J connectivity index is 1.89. The lowest BCUT2D eigenvalue weighted by atomic mass is 9.93. The van der Waals surface area contributed by atoms with E-state index in [9.17, 15) is 9.90 Å². The monoisotopic (exact) mass is 382 g/mol. The van der Waals surface area contributed by atoms with Gasteiger partial charge in [-0.2, -0.15) is 0 Å². The minimum Gasteiger partial charge on any atom is -0.465 e. The number of carbonyl (C=O) groups excluding carboxylic acids is 1. The van der Waals surface area contributed by atoms with Crippen molar-refractivity contribution in [2.75, 3.05) is 7.11 Å². The zero-order valence-electron chi connectivity index (χ0n) is 16.0. The number of aromatic nitrogens is 1. The molecule has 0 spiro atoms. The molecular formula is C21H26N4O3. The summed E-state index contributed by atoms with van der Waals surface area (Å²) in [7, 11) is 1.36. The van der Waals surface area contributed by atoms with Crippen LogP contribution >= 0.6 is 0 Å². The molecule has 1 aliphatic rings. The summed E-state index contributed by atoms with van der Waals surface area (Å²) in [6.45, 7) is 4.02. The maximum absolute atomic E-state index is 12.0. The highest BCUT2D eigenvalue weighted by Gasteiger charge is 2.19. The molecule has 0 radical (unpaired) electrons. The van der Waals surface area contributed by atoms with Gasteiger partial charge in [0.2, 0.25) is 0 Å². The zero-order chi connectivity index (χ0) is 20.1. The molecule has 1 aliphatic carbocycles. The molecule has 28 heavy (non-hydrogen) atoms. The maximum Gasteiger partial charge on any atom is 0.338 e. The molecule has 1 saturated carbocycles. The van der Waals surface area contributed by atoms with Gasteiger partial charge in [0.25, 0.3) is 0 Å². The van der Waals surface area contributed by atoms with Crippen LogP contribution in [0.4, 0.5) is 0 Å². The van der Waals surface area contributed by atoms with E-state index in [1.165, 1.54) is 13.3 Å². The number of allylic oxidation sites excluding steroid dienone is 1. The Kier molecular flexibility index (Phi) is 6.16. The first-order valence-corrected chi connectivity index (χ1v) is 9.32. The van der Waals surface area contributed by atoms with Crippen LogP contribution in [0.15, 0.2) is 60.1 Å². The SMILES string of the molecule is C=C(/N=C(\C=C/N)n1ccc2c(C(=O)OC)cccc21)N[C@H]1CC[C@H](O)CC1. The standard InChI is InChI=1S/C21H26N4O3/c1-14(23-15-6-8-16(26)9-7-15)24-20(10-12-22)25-13-11-17-18(21(27)28-2)4-3-5-19(17)25/h3-5,10-13,15-16,23,26H,1,6-9,22H2,2H3/b12-10-,24-20+/t15-,16-. The largest absolute Gasteiger partial charge is 0.465 e. The molecular weight excluding hydrogens is 356 g/mol. The van der Waals surface area contributed by atoms with Crippen molar-refractivity contribution in [1.82, 2.24) is 9.88 Å². The summed E-state index contributed by atoms with van der Waals surface area (Å²) in [5.74, 6) is 0.718. The molecule has 0 atom stereocenters. The Bertz CT molecular complexity index is 921. The number of carbonyl (C=O) groups is 1. The highest BCUT2D eigenvalue weighted by Crippen LogP contribution is 2.22. The third-order valence-electron chi connectivity index (χ3n) is 4.95. The van der Waals surface area contributed by atoms with Gasteiger partial charge in [0.15, 0.2) is 0 Å². The Labute approximate surface area is 164 Å². The minimum atomic E-state index is -0.387. The van der Waals surface area contributed by atoms with E-state index in [2.05, 4.69) is 16.9 Å². The van der Waals surface area contributed by atoms with Gasteiger partial charge in [0, 0.05) is 17.6 Å². The number of nitrogens with one attached hydrogen (secondary N) is 1. The van der Waals surface area contributed by atoms with Crippen LogP contribution in [-0.2, 0) is 4.74 Å². The maximum atomic E-state index is 12.0. The van der Waals surface area contributed by atoms with Crippen LogP contribution in [-0.4, -0.2) is 40.7 Å². The molecule has 1 fully saturated rings. The van der Waals surface area contributed by atoms with Gasteiger partial charge >= 0.3 is 5.97 Å². The van der Waals surface area contributed by atoms with Crippen molar-refractivity contribution in [3.63, 3.8) is 0 Å². The fraction of sp³-hybridized carbons (Fsp3) is 0.333. The number of aliphatic hydroxyl groups excluding tert-OH is 1. The molecule has 1 aromatic heterocycles. The number of fused-ring (bicyclic) bond motifs is 1. The van der Waals surface area contributed by atoms with Crippen molar-refractivity contribution in [1.29, 1.82) is 0 Å². The van der Waals surface area contributed by atoms with Crippen LogP contribution in [0.2, 0.25) is 0 Å². The topological polar surface area (TPSA) is 102 Å². The molecule has 4 N–H and O–H groups in total. The predicted molar refractivity (Wildman–Crippen MR) is 110 cm³/mol. The van der Waals surface area contributed by atoms with Gasteiger partial charge in [-0.15, -0.1) is 0 Å². The number of methoxy groups -OCH3 is 1. The van der Waals surface area contributed by atoms with Gasteiger partial charge < -0.3 is 25.5 Å². The minimum absolute atomic E-state index is 0.208. The third kappa shape index (κ3) is 4.26. The van der Waals surface area contributed by atoms with E-state index in [0.717, 1.165) is 36.6 Å². The van der Waals surface area contributed by atoms with E-state index in [-0.39, 0.29) is 18.1 Å². The fourth-order valence-electron chi connectivity index (χ4n) is 3.54. The molecule has 0 amide bonds. The van der Waals surface area contributed by atoms with Crippen LogP contribution < -0.4 is 11.1 Å². The zero-order valence-corrected chi connectivity index (χ0v) is 16.0. The Morgan fingerprint density at radius 3 is 2.79 bits per heavy atom. The first-order valence-electron chi connectivity index (χ1n) is 9.32. The molecule has 0 unspecified atom stereocenters. The predicted octanol–water partition coefficient (Wildman–Crippen LogP) is 2.51. The summed E-state index contributed by atoms with van der Waals surface area (Å²) in [5, 5.41) is 13.7. The van der Waals surface area contributed by atoms with E-state index in [0.29, 0.717) is 17.2 Å². The molecule has 2 aromatic rings. The number of benzene rings is 1. The van der Waals surface area contributed by atoms with Gasteiger partial charge in [-0.1, -0.05) is 12.6 Å². The van der Waals surface area contributed by atoms with E-state index in [1.807, 2.05) is 22.9 Å². The van der Waals surface area contributed by atoms with E-state index >= 15 is 0 Å². The number of aliphatic imine (C=N–C) groups is 1. The molecule has 7 nitrogen and oxygen atoms in total. The summed E-state index contributed by atoms with van der Waals surface area (Å²) in [6.07, 6.45) is 8.05. The lowest BCUT2D eigenvalue weighted by Crippen LogP contribution is -2.33. The first-order chi connectivity index (χ1) is 13.5. The fourth-order valence-corrected chi connectivity index (χ4v) is 3.54.